The zero-order chi connectivity index (χ0) is 21.4. The van der Waals surface area contributed by atoms with Crippen LogP contribution in [0.2, 0.25) is 0 Å². The smallest absolute Gasteiger partial charge is 0.225 e. The van der Waals surface area contributed by atoms with Crippen molar-refractivity contribution in [1.82, 2.24) is 25.1 Å². The van der Waals surface area contributed by atoms with Gasteiger partial charge >= 0.3 is 0 Å². The van der Waals surface area contributed by atoms with Crippen molar-refractivity contribution in [3.05, 3.63) is 41.2 Å². The van der Waals surface area contributed by atoms with Gasteiger partial charge in [0.05, 0.1) is 17.1 Å². The standard InChI is InChI=1S/C22H24N6O2S/c1-28(7-2-8-29)22(30)13-3-5-16-18(10-13)31-21-19(16)20(23-12-24-21)26-15-4-6-17-14(9-15)11-25-27-17/h4,6,9,11-13,29H,2-3,5,7-8,10H2,1H3,(H,25,27)(H,23,24,26). The molecule has 1 aromatic carbocycles. The van der Waals surface area contributed by atoms with Crippen LogP contribution >= 0.6 is 11.3 Å². The van der Waals surface area contributed by atoms with Gasteiger partial charge in [0.15, 0.2) is 0 Å². The molecule has 0 aliphatic heterocycles. The summed E-state index contributed by atoms with van der Waals surface area (Å²) in [6.45, 7) is 0.691. The van der Waals surface area contributed by atoms with E-state index in [-0.39, 0.29) is 18.4 Å². The second kappa shape index (κ2) is 8.24. The van der Waals surface area contributed by atoms with Gasteiger partial charge in [-0.05, 0) is 49.4 Å². The number of rotatable bonds is 6. The molecule has 0 fully saturated rings. The van der Waals surface area contributed by atoms with Gasteiger partial charge in [-0.15, -0.1) is 11.3 Å². The van der Waals surface area contributed by atoms with E-state index in [1.54, 1.807) is 28.8 Å². The first-order valence-corrected chi connectivity index (χ1v) is 11.3. The van der Waals surface area contributed by atoms with Gasteiger partial charge in [0.25, 0.3) is 0 Å². The van der Waals surface area contributed by atoms with Crippen LogP contribution < -0.4 is 5.32 Å². The number of aromatic nitrogens is 4. The highest BCUT2D eigenvalue weighted by Crippen LogP contribution is 2.40. The molecule has 8 nitrogen and oxygen atoms in total. The van der Waals surface area contributed by atoms with Crippen LogP contribution in [-0.4, -0.2) is 56.3 Å². The molecule has 1 atom stereocenters. The lowest BCUT2D eigenvalue weighted by molar-refractivity contribution is -0.134. The summed E-state index contributed by atoms with van der Waals surface area (Å²) in [4.78, 5) is 25.8. The number of H-pyrrole nitrogens is 1. The topological polar surface area (TPSA) is 107 Å². The third-order valence-corrected chi connectivity index (χ3v) is 7.09. The van der Waals surface area contributed by atoms with Crippen molar-refractivity contribution < 1.29 is 9.90 Å². The van der Waals surface area contributed by atoms with Crippen LogP contribution in [0.4, 0.5) is 11.5 Å². The highest BCUT2D eigenvalue weighted by Gasteiger charge is 2.30. The molecule has 4 aromatic rings. The van der Waals surface area contributed by atoms with Crippen LogP contribution in [0.3, 0.4) is 0 Å². The second-order valence-electron chi connectivity index (χ2n) is 7.98. The number of carbonyl (C=O) groups excluding carboxylic acids is 1. The SMILES string of the molecule is CN(CCCO)C(=O)C1CCc2c(sc3ncnc(Nc4ccc5[nH]ncc5c4)c23)C1. The number of aliphatic hydroxyl groups excluding tert-OH is 1. The van der Waals surface area contributed by atoms with Gasteiger partial charge < -0.3 is 15.3 Å². The van der Waals surface area contributed by atoms with Gasteiger partial charge in [0.1, 0.15) is 17.0 Å². The summed E-state index contributed by atoms with van der Waals surface area (Å²) in [6.07, 6.45) is 6.39. The van der Waals surface area contributed by atoms with E-state index in [0.717, 1.165) is 51.9 Å². The van der Waals surface area contributed by atoms with Gasteiger partial charge in [0, 0.05) is 42.1 Å². The fraction of sp³-hybridized carbons (Fsp3) is 0.364. The number of aryl methyl sites for hydroxylation is 1. The third kappa shape index (κ3) is 3.75. The number of hydrogen-bond acceptors (Lipinski definition) is 7. The summed E-state index contributed by atoms with van der Waals surface area (Å²) in [7, 11) is 1.82. The van der Waals surface area contributed by atoms with Crippen molar-refractivity contribution >= 4 is 49.9 Å². The van der Waals surface area contributed by atoms with Crippen LogP contribution in [0.15, 0.2) is 30.7 Å². The predicted molar refractivity (Wildman–Crippen MR) is 122 cm³/mol. The van der Waals surface area contributed by atoms with Crippen molar-refractivity contribution in [3.63, 3.8) is 0 Å². The maximum absolute atomic E-state index is 12.8. The maximum atomic E-state index is 12.8. The van der Waals surface area contributed by atoms with Gasteiger partial charge in [-0.2, -0.15) is 5.10 Å². The second-order valence-corrected chi connectivity index (χ2v) is 9.06. The maximum Gasteiger partial charge on any atom is 0.225 e. The Bertz CT molecular complexity index is 1250. The van der Waals surface area contributed by atoms with Crippen molar-refractivity contribution in [2.45, 2.75) is 25.7 Å². The lowest BCUT2D eigenvalue weighted by Gasteiger charge is -2.26. The summed E-state index contributed by atoms with van der Waals surface area (Å²) in [5.41, 5.74) is 3.20. The molecule has 0 saturated carbocycles. The Labute approximate surface area is 183 Å². The number of thiophene rings is 1. The average Bonchev–Trinajstić information content (AvgIpc) is 3.40. The molecule has 160 valence electrons. The number of aliphatic hydroxyl groups is 1. The largest absolute Gasteiger partial charge is 0.396 e. The van der Waals surface area contributed by atoms with E-state index in [2.05, 4.69) is 25.5 Å². The molecule has 1 unspecified atom stereocenters. The quantitative estimate of drug-likeness (QED) is 0.428. The number of fused-ring (bicyclic) bond motifs is 4. The fourth-order valence-electron chi connectivity index (χ4n) is 4.30. The molecule has 31 heavy (non-hydrogen) atoms. The van der Waals surface area contributed by atoms with Gasteiger partial charge in [-0.1, -0.05) is 0 Å². The van der Waals surface area contributed by atoms with E-state index >= 15 is 0 Å². The Morgan fingerprint density at radius 2 is 2.29 bits per heavy atom. The molecule has 1 aliphatic rings. The van der Waals surface area contributed by atoms with Crippen molar-refractivity contribution in [2.24, 2.45) is 5.92 Å². The van der Waals surface area contributed by atoms with Crippen LogP contribution in [-0.2, 0) is 17.6 Å². The average molecular weight is 437 g/mol. The van der Waals surface area contributed by atoms with E-state index in [9.17, 15) is 4.79 Å². The lowest BCUT2D eigenvalue weighted by atomic mass is 9.87. The number of nitrogens with zero attached hydrogens (tertiary/aromatic N) is 4. The summed E-state index contributed by atoms with van der Waals surface area (Å²) < 4.78 is 0. The molecule has 0 spiro atoms. The molecule has 0 saturated heterocycles. The molecular formula is C22H24N6O2S. The van der Waals surface area contributed by atoms with E-state index in [0.29, 0.717) is 13.0 Å². The van der Waals surface area contributed by atoms with Crippen molar-refractivity contribution in [2.75, 3.05) is 25.5 Å². The summed E-state index contributed by atoms with van der Waals surface area (Å²) in [5, 5.41) is 21.6. The van der Waals surface area contributed by atoms with E-state index in [4.69, 9.17) is 5.11 Å². The van der Waals surface area contributed by atoms with Crippen LogP contribution in [0.5, 0.6) is 0 Å². The monoisotopic (exact) mass is 436 g/mol. The van der Waals surface area contributed by atoms with Crippen LogP contribution in [0, 0.1) is 5.92 Å². The molecule has 0 bridgehead atoms. The fourth-order valence-corrected chi connectivity index (χ4v) is 5.57. The minimum atomic E-state index is -0.0166. The number of benzene rings is 1. The number of anilines is 2. The van der Waals surface area contributed by atoms with Gasteiger partial charge in [-0.25, -0.2) is 9.97 Å². The van der Waals surface area contributed by atoms with Gasteiger partial charge in [0.2, 0.25) is 5.91 Å². The zero-order valence-electron chi connectivity index (χ0n) is 17.3. The van der Waals surface area contributed by atoms with E-state index in [1.807, 2.05) is 25.2 Å². The van der Waals surface area contributed by atoms with Crippen LogP contribution in [0.1, 0.15) is 23.3 Å². The summed E-state index contributed by atoms with van der Waals surface area (Å²) in [6, 6.07) is 6.04. The number of amides is 1. The molecule has 1 amide bonds. The molecule has 1 aliphatic carbocycles. The first kappa shape index (κ1) is 19.9. The molecule has 3 heterocycles. The molecular weight excluding hydrogens is 412 g/mol. The Morgan fingerprint density at radius 3 is 3.16 bits per heavy atom. The normalized spacial score (nSPS) is 15.9. The zero-order valence-corrected chi connectivity index (χ0v) is 18.1. The molecule has 0 radical (unpaired) electrons. The van der Waals surface area contributed by atoms with Crippen molar-refractivity contribution in [1.29, 1.82) is 0 Å². The first-order chi connectivity index (χ1) is 15.1. The third-order valence-electron chi connectivity index (χ3n) is 5.93. The predicted octanol–water partition coefficient (Wildman–Crippen LogP) is 3.26. The highest BCUT2D eigenvalue weighted by molar-refractivity contribution is 7.19. The Morgan fingerprint density at radius 1 is 1.39 bits per heavy atom. The number of nitrogens with one attached hydrogen (secondary N) is 2. The minimum absolute atomic E-state index is 0.0166. The van der Waals surface area contributed by atoms with E-state index in [1.165, 1.54) is 10.4 Å². The Kier molecular flexibility index (Phi) is 5.29. The van der Waals surface area contributed by atoms with Crippen LogP contribution in [0.25, 0.3) is 21.1 Å². The van der Waals surface area contributed by atoms with Crippen molar-refractivity contribution in [3.8, 4) is 0 Å². The molecule has 3 aromatic heterocycles. The highest BCUT2D eigenvalue weighted by atomic mass is 32.1. The summed E-state index contributed by atoms with van der Waals surface area (Å²) >= 11 is 1.66. The number of carbonyl (C=O) groups is 1. The lowest BCUT2D eigenvalue weighted by Crippen LogP contribution is -2.36. The Hall–Kier alpha value is -3.04. The number of aromatic amines is 1. The molecule has 5 rings (SSSR count). The molecule has 3 N–H and O–H groups in total. The summed E-state index contributed by atoms with van der Waals surface area (Å²) in [5.74, 6) is 0.946. The number of hydrogen-bond donors (Lipinski definition) is 3. The van der Waals surface area contributed by atoms with Gasteiger partial charge in [-0.3, -0.25) is 9.89 Å². The first-order valence-electron chi connectivity index (χ1n) is 10.5. The molecule has 9 heteroatoms. The van der Waals surface area contributed by atoms with E-state index < -0.39 is 0 Å². The Balaban J connectivity index is 1.42. The minimum Gasteiger partial charge on any atom is -0.396 e.